The van der Waals surface area contributed by atoms with Gasteiger partial charge in [-0.3, -0.25) is 0 Å². The fourth-order valence-electron chi connectivity index (χ4n) is 2.33. The fraction of sp³-hybridized carbons (Fsp3) is 0.571. The van der Waals surface area contributed by atoms with Crippen LogP contribution in [0, 0.1) is 8.99 Å². The lowest BCUT2D eigenvalue weighted by Gasteiger charge is -2.33. The number of nitrogen functional groups attached to an aromatic ring is 1. The molecule has 0 unspecified atom stereocenters. The molecule has 4 heteroatoms. The minimum atomic E-state index is 0.381. The molecule has 1 aliphatic heterocycles. The first kappa shape index (κ1) is 14.1. The van der Waals surface area contributed by atoms with Crippen LogP contribution < -0.4 is 11.1 Å². The van der Waals surface area contributed by atoms with Crippen molar-refractivity contribution in [2.75, 3.05) is 25.5 Å². The molecule has 0 saturated carbocycles. The first-order chi connectivity index (χ1) is 8.57. The molecule has 1 aliphatic rings. The van der Waals surface area contributed by atoms with E-state index in [9.17, 15) is 0 Å². The molecule has 0 aliphatic carbocycles. The third-order valence-corrected chi connectivity index (χ3v) is 4.18. The summed E-state index contributed by atoms with van der Waals surface area (Å²) < 4.78 is 6.61. The molecule has 3 N–H and O–H groups in total. The van der Waals surface area contributed by atoms with Gasteiger partial charge in [0, 0.05) is 35.6 Å². The Balaban J connectivity index is 1.84. The number of ether oxygens (including phenoxy) is 1. The molecule has 0 spiro atoms. The van der Waals surface area contributed by atoms with Crippen LogP contribution in [0.4, 0.5) is 5.69 Å². The van der Waals surface area contributed by atoms with Gasteiger partial charge in [0.2, 0.25) is 0 Å². The second-order valence-corrected chi connectivity index (χ2v) is 6.67. The molecular weight excluding hydrogens is 339 g/mol. The van der Waals surface area contributed by atoms with Crippen molar-refractivity contribution >= 4 is 28.3 Å². The number of anilines is 1. The Morgan fingerprint density at radius 2 is 2.06 bits per heavy atom. The zero-order valence-corrected chi connectivity index (χ0v) is 13.0. The summed E-state index contributed by atoms with van der Waals surface area (Å²) in [6, 6.07) is 6.21. The minimum Gasteiger partial charge on any atom is -0.399 e. The molecule has 1 saturated heterocycles. The van der Waals surface area contributed by atoms with E-state index >= 15 is 0 Å². The summed E-state index contributed by atoms with van der Waals surface area (Å²) >= 11 is 2.30. The Labute approximate surface area is 123 Å². The van der Waals surface area contributed by atoms with Crippen molar-refractivity contribution in [3.63, 3.8) is 0 Å². The van der Waals surface area contributed by atoms with Crippen molar-refractivity contribution in [3.05, 3.63) is 27.3 Å². The van der Waals surface area contributed by atoms with Crippen LogP contribution in [0.1, 0.15) is 25.3 Å². The smallest absolute Gasteiger partial charge is 0.0471 e. The van der Waals surface area contributed by atoms with Crippen molar-refractivity contribution in [3.8, 4) is 0 Å². The van der Waals surface area contributed by atoms with Gasteiger partial charge in [-0.2, -0.15) is 0 Å². The van der Waals surface area contributed by atoms with Crippen LogP contribution in [0.25, 0.3) is 0 Å². The number of benzene rings is 1. The third-order valence-electron chi connectivity index (χ3n) is 3.56. The quantitative estimate of drug-likeness (QED) is 0.641. The van der Waals surface area contributed by atoms with Crippen molar-refractivity contribution in [2.45, 2.75) is 26.3 Å². The Bertz CT molecular complexity index is 383. The monoisotopic (exact) mass is 360 g/mol. The summed E-state index contributed by atoms with van der Waals surface area (Å²) in [6.07, 6.45) is 2.29. The van der Waals surface area contributed by atoms with E-state index in [1.807, 2.05) is 12.1 Å². The second-order valence-electron chi connectivity index (χ2n) is 5.42. The van der Waals surface area contributed by atoms with Gasteiger partial charge < -0.3 is 15.8 Å². The lowest BCUT2D eigenvalue weighted by atomic mass is 9.82. The molecule has 100 valence electrons. The van der Waals surface area contributed by atoms with E-state index in [4.69, 9.17) is 10.5 Å². The summed E-state index contributed by atoms with van der Waals surface area (Å²) in [4.78, 5) is 0. The third kappa shape index (κ3) is 4.10. The largest absolute Gasteiger partial charge is 0.399 e. The van der Waals surface area contributed by atoms with Crippen LogP contribution >= 0.6 is 22.6 Å². The normalized spacial score (nSPS) is 18.8. The van der Waals surface area contributed by atoms with E-state index in [2.05, 4.69) is 40.9 Å². The highest BCUT2D eigenvalue weighted by molar-refractivity contribution is 14.1. The Morgan fingerprint density at radius 3 is 2.72 bits per heavy atom. The molecule has 1 heterocycles. The van der Waals surface area contributed by atoms with Crippen LogP contribution in [0.3, 0.4) is 0 Å². The summed E-state index contributed by atoms with van der Waals surface area (Å²) in [6.45, 7) is 6.06. The molecule has 3 nitrogen and oxygen atoms in total. The van der Waals surface area contributed by atoms with Crippen LogP contribution in [-0.2, 0) is 11.3 Å². The standard InChI is InChI=1S/C14H21IN2O/c1-14(2-4-18-5-3-14)10-17-9-11-6-12(15)8-13(16)7-11/h6-8,17H,2-5,9-10,16H2,1H3. The fourth-order valence-corrected chi connectivity index (χ4v) is 3.09. The molecule has 1 aromatic rings. The van der Waals surface area contributed by atoms with Gasteiger partial charge in [0.1, 0.15) is 0 Å². The van der Waals surface area contributed by atoms with E-state index in [-0.39, 0.29) is 0 Å². The maximum absolute atomic E-state index is 5.85. The molecule has 1 fully saturated rings. The van der Waals surface area contributed by atoms with Crippen LogP contribution in [0.15, 0.2) is 18.2 Å². The minimum absolute atomic E-state index is 0.381. The van der Waals surface area contributed by atoms with Crippen LogP contribution in [-0.4, -0.2) is 19.8 Å². The molecule has 0 amide bonds. The number of halogens is 1. The molecule has 0 bridgehead atoms. The summed E-state index contributed by atoms with van der Waals surface area (Å²) in [7, 11) is 0. The van der Waals surface area contributed by atoms with Crippen LogP contribution in [0.5, 0.6) is 0 Å². The van der Waals surface area contributed by atoms with Gasteiger partial charge >= 0.3 is 0 Å². The van der Waals surface area contributed by atoms with Gasteiger partial charge in [0.25, 0.3) is 0 Å². The SMILES string of the molecule is CC1(CNCc2cc(N)cc(I)c2)CCOCC1. The predicted octanol–water partition coefficient (Wildman–Crippen LogP) is 2.78. The van der Waals surface area contributed by atoms with Crippen molar-refractivity contribution in [1.82, 2.24) is 5.32 Å². The number of hydrogen-bond acceptors (Lipinski definition) is 3. The highest BCUT2D eigenvalue weighted by Gasteiger charge is 2.26. The average Bonchev–Trinajstić information content (AvgIpc) is 2.28. The Hall–Kier alpha value is -0.330. The molecule has 2 rings (SSSR count). The molecular formula is C14H21IN2O. The van der Waals surface area contributed by atoms with Gasteiger partial charge in [-0.15, -0.1) is 0 Å². The van der Waals surface area contributed by atoms with Gasteiger partial charge in [-0.05, 0) is 64.6 Å². The van der Waals surface area contributed by atoms with Gasteiger partial charge in [0.15, 0.2) is 0 Å². The number of rotatable bonds is 4. The van der Waals surface area contributed by atoms with Crippen molar-refractivity contribution < 1.29 is 4.74 Å². The number of nitrogens with two attached hydrogens (primary N) is 1. The van der Waals surface area contributed by atoms with E-state index in [0.717, 1.165) is 44.8 Å². The van der Waals surface area contributed by atoms with Crippen molar-refractivity contribution in [1.29, 1.82) is 0 Å². The molecule has 0 radical (unpaired) electrons. The maximum Gasteiger partial charge on any atom is 0.0471 e. The maximum atomic E-state index is 5.85. The highest BCUT2D eigenvalue weighted by atomic mass is 127. The average molecular weight is 360 g/mol. The van der Waals surface area contributed by atoms with E-state index < -0.39 is 0 Å². The summed E-state index contributed by atoms with van der Waals surface area (Å²) in [5, 5.41) is 3.55. The second kappa shape index (κ2) is 6.21. The zero-order valence-electron chi connectivity index (χ0n) is 10.8. The summed E-state index contributed by atoms with van der Waals surface area (Å²) in [5.41, 5.74) is 8.33. The molecule has 0 aromatic heterocycles. The van der Waals surface area contributed by atoms with Gasteiger partial charge in [-0.1, -0.05) is 6.92 Å². The summed E-state index contributed by atoms with van der Waals surface area (Å²) in [5.74, 6) is 0. The molecule has 0 atom stereocenters. The van der Waals surface area contributed by atoms with Crippen LogP contribution in [0.2, 0.25) is 0 Å². The first-order valence-electron chi connectivity index (χ1n) is 6.41. The Kier molecular flexibility index (Phi) is 4.86. The van der Waals surface area contributed by atoms with Gasteiger partial charge in [-0.25, -0.2) is 0 Å². The van der Waals surface area contributed by atoms with Crippen molar-refractivity contribution in [2.24, 2.45) is 5.41 Å². The lowest BCUT2D eigenvalue weighted by Crippen LogP contribution is -2.36. The zero-order chi connectivity index (χ0) is 13.0. The lowest BCUT2D eigenvalue weighted by molar-refractivity contribution is 0.0240. The molecule has 18 heavy (non-hydrogen) atoms. The van der Waals surface area contributed by atoms with E-state index in [1.54, 1.807) is 0 Å². The first-order valence-corrected chi connectivity index (χ1v) is 7.49. The molecule has 1 aromatic carbocycles. The Morgan fingerprint density at radius 1 is 1.33 bits per heavy atom. The van der Waals surface area contributed by atoms with E-state index in [0.29, 0.717) is 5.41 Å². The number of nitrogens with one attached hydrogen (secondary N) is 1. The predicted molar refractivity (Wildman–Crippen MR) is 83.4 cm³/mol. The van der Waals surface area contributed by atoms with E-state index in [1.165, 1.54) is 9.13 Å². The number of hydrogen-bond donors (Lipinski definition) is 2. The topological polar surface area (TPSA) is 47.3 Å². The van der Waals surface area contributed by atoms with Gasteiger partial charge in [0.05, 0.1) is 0 Å². The highest BCUT2D eigenvalue weighted by Crippen LogP contribution is 2.28.